The van der Waals surface area contributed by atoms with Crippen molar-refractivity contribution < 1.29 is 10.0 Å². The fourth-order valence-corrected chi connectivity index (χ4v) is 1.22. The second-order valence-corrected chi connectivity index (χ2v) is 3.88. The van der Waals surface area contributed by atoms with Crippen molar-refractivity contribution in [3.63, 3.8) is 0 Å². The predicted molar refractivity (Wildman–Crippen MR) is 72.6 cm³/mol. The number of nitrogens with one attached hydrogen (secondary N) is 1. The van der Waals surface area contributed by atoms with Gasteiger partial charge in [0.15, 0.2) is 0 Å². The Bertz CT molecular complexity index is 339. The van der Waals surface area contributed by atoms with Gasteiger partial charge in [-0.05, 0) is 24.2 Å². The highest BCUT2D eigenvalue weighted by atomic mass is 16.6. The van der Waals surface area contributed by atoms with E-state index in [-0.39, 0.29) is 5.69 Å². The highest BCUT2D eigenvalue weighted by molar-refractivity contribution is 5.33. The van der Waals surface area contributed by atoms with Crippen LogP contribution in [0.15, 0.2) is 24.3 Å². The van der Waals surface area contributed by atoms with E-state index in [1.807, 2.05) is 6.92 Å². The second kappa shape index (κ2) is 9.56. The van der Waals surface area contributed by atoms with Crippen LogP contribution in [0.3, 0.4) is 0 Å². The average molecular weight is 254 g/mol. The maximum absolute atomic E-state index is 10.4. The molecule has 0 bridgehead atoms. The molecule has 0 heterocycles. The van der Waals surface area contributed by atoms with Gasteiger partial charge in [0.25, 0.3) is 5.69 Å². The highest BCUT2D eigenvalue weighted by Gasteiger charge is 2.09. The van der Waals surface area contributed by atoms with Gasteiger partial charge in [0, 0.05) is 18.7 Å². The van der Waals surface area contributed by atoms with Crippen molar-refractivity contribution in [2.45, 2.75) is 33.3 Å². The summed E-state index contributed by atoms with van der Waals surface area (Å²) in [7, 11) is 0. The number of non-ortho nitro benzene ring substituents is 1. The minimum atomic E-state index is -0.620. The van der Waals surface area contributed by atoms with Crippen LogP contribution in [0.4, 0.5) is 5.69 Å². The molecule has 2 N–H and O–H groups in total. The average Bonchev–Trinajstić information content (AvgIpc) is 2.37. The fraction of sp³-hybridized carbons (Fsp3) is 0.538. The number of aliphatic hydroxyl groups is 1. The van der Waals surface area contributed by atoms with Crippen molar-refractivity contribution in [3.05, 3.63) is 39.9 Å². The maximum Gasteiger partial charge on any atom is 0.269 e. The molecule has 0 aliphatic heterocycles. The van der Waals surface area contributed by atoms with E-state index in [9.17, 15) is 15.2 Å². The topological polar surface area (TPSA) is 75.4 Å². The maximum atomic E-state index is 10.4. The zero-order valence-corrected chi connectivity index (χ0v) is 11.2. The van der Waals surface area contributed by atoms with E-state index in [0.717, 1.165) is 6.54 Å². The number of nitro groups is 1. The van der Waals surface area contributed by atoms with Crippen LogP contribution in [-0.2, 0) is 0 Å². The van der Waals surface area contributed by atoms with Crippen molar-refractivity contribution in [2.24, 2.45) is 0 Å². The van der Waals surface area contributed by atoms with E-state index in [4.69, 9.17) is 0 Å². The van der Waals surface area contributed by atoms with Crippen LogP contribution in [0.1, 0.15) is 38.9 Å². The summed E-state index contributed by atoms with van der Waals surface area (Å²) in [6, 6.07) is 5.93. The van der Waals surface area contributed by atoms with Crippen molar-refractivity contribution in [2.75, 3.05) is 13.1 Å². The first-order chi connectivity index (χ1) is 8.56. The van der Waals surface area contributed by atoms with Crippen LogP contribution in [0.5, 0.6) is 0 Å². The third-order valence-electron chi connectivity index (χ3n) is 2.08. The molecule has 1 atom stereocenters. The van der Waals surface area contributed by atoms with Crippen LogP contribution in [0, 0.1) is 10.1 Å². The summed E-state index contributed by atoms with van der Waals surface area (Å²) in [4.78, 5) is 9.93. The van der Waals surface area contributed by atoms with Gasteiger partial charge in [-0.3, -0.25) is 10.1 Å². The zero-order valence-electron chi connectivity index (χ0n) is 11.2. The molecule has 1 unspecified atom stereocenters. The Labute approximate surface area is 108 Å². The molecule has 0 amide bonds. The number of likely N-dealkylation sites (N-methyl/N-ethyl adjacent to an activating group) is 1. The molecule has 0 fully saturated rings. The summed E-state index contributed by atoms with van der Waals surface area (Å²) in [6.45, 7) is 7.43. The van der Waals surface area contributed by atoms with E-state index < -0.39 is 11.0 Å². The molecule has 1 aromatic rings. The Morgan fingerprint density at radius 1 is 1.28 bits per heavy atom. The van der Waals surface area contributed by atoms with Gasteiger partial charge in [-0.2, -0.15) is 0 Å². The number of aliphatic hydroxyl groups excluding tert-OH is 1. The molecule has 1 rings (SSSR count). The molecule has 5 heteroatoms. The van der Waals surface area contributed by atoms with Crippen molar-refractivity contribution in [1.29, 1.82) is 0 Å². The van der Waals surface area contributed by atoms with Gasteiger partial charge in [0.1, 0.15) is 0 Å². The fourth-order valence-electron chi connectivity index (χ4n) is 1.22. The highest BCUT2D eigenvalue weighted by Crippen LogP contribution is 2.16. The number of benzene rings is 1. The van der Waals surface area contributed by atoms with Crippen molar-refractivity contribution >= 4 is 5.69 Å². The molecular weight excluding hydrogens is 232 g/mol. The number of nitrogens with zero attached hydrogens (tertiary/aromatic N) is 1. The van der Waals surface area contributed by atoms with Crippen LogP contribution >= 0.6 is 0 Å². The molecule has 102 valence electrons. The van der Waals surface area contributed by atoms with Gasteiger partial charge in [0.2, 0.25) is 0 Å². The van der Waals surface area contributed by atoms with Crippen molar-refractivity contribution in [3.8, 4) is 0 Å². The lowest BCUT2D eigenvalue weighted by atomic mass is 10.1. The SMILES string of the molecule is CCC.CCNCC(O)c1ccc([N+](=O)[O-])cc1. The normalized spacial score (nSPS) is 11.3. The minimum Gasteiger partial charge on any atom is -0.387 e. The van der Waals surface area contributed by atoms with Gasteiger partial charge in [-0.15, -0.1) is 0 Å². The molecule has 0 radical (unpaired) electrons. The third kappa shape index (κ3) is 6.32. The Morgan fingerprint density at radius 3 is 2.17 bits per heavy atom. The lowest BCUT2D eigenvalue weighted by Gasteiger charge is -2.10. The summed E-state index contributed by atoms with van der Waals surface area (Å²) >= 11 is 0. The van der Waals surface area contributed by atoms with Crippen molar-refractivity contribution in [1.82, 2.24) is 5.32 Å². The summed E-state index contributed by atoms with van der Waals surface area (Å²) in [5.41, 5.74) is 0.718. The van der Waals surface area contributed by atoms with E-state index >= 15 is 0 Å². The Hall–Kier alpha value is -1.46. The molecule has 0 aromatic heterocycles. The van der Waals surface area contributed by atoms with Crippen LogP contribution in [0.2, 0.25) is 0 Å². The first-order valence-corrected chi connectivity index (χ1v) is 6.19. The molecular formula is C13H22N2O3. The summed E-state index contributed by atoms with van der Waals surface area (Å²) in [5, 5.41) is 23.0. The summed E-state index contributed by atoms with van der Waals surface area (Å²) < 4.78 is 0. The lowest BCUT2D eigenvalue weighted by molar-refractivity contribution is -0.384. The molecule has 18 heavy (non-hydrogen) atoms. The third-order valence-corrected chi connectivity index (χ3v) is 2.08. The molecule has 0 aliphatic carbocycles. The first-order valence-electron chi connectivity index (χ1n) is 6.19. The van der Waals surface area contributed by atoms with E-state index in [0.29, 0.717) is 12.1 Å². The quantitative estimate of drug-likeness (QED) is 0.625. The molecule has 0 spiro atoms. The largest absolute Gasteiger partial charge is 0.387 e. The number of nitro benzene ring substituents is 1. The van der Waals surface area contributed by atoms with E-state index in [1.54, 1.807) is 12.1 Å². The number of hydrogen-bond donors (Lipinski definition) is 2. The predicted octanol–water partition coefficient (Wildman–Crippen LogP) is 2.65. The summed E-state index contributed by atoms with van der Waals surface area (Å²) in [5.74, 6) is 0. The lowest BCUT2D eigenvalue weighted by Crippen LogP contribution is -2.20. The standard InChI is InChI=1S/C10H14N2O3.C3H8/c1-2-11-7-10(13)8-3-5-9(6-4-8)12(14)15;1-3-2/h3-6,10-11,13H,2,7H2,1H3;3H2,1-2H3. The Morgan fingerprint density at radius 2 is 1.78 bits per heavy atom. The molecule has 1 aromatic carbocycles. The zero-order chi connectivity index (χ0) is 14.0. The van der Waals surface area contributed by atoms with Crippen LogP contribution in [0.25, 0.3) is 0 Å². The Balaban J connectivity index is 0.000000873. The minimum absolute atomic E-state index is 0.0365. The monoisotopic (exact) mass is 254 g/mol. The van der Waals surface area contributed by atoms with E-state index in [1.165, 1.54) is 18.6 Å². The van der Waals surface area contributed by atoms with Crippen LogP contribution < -0.4 is 5.32 Å². The molecule has 0 aliphatic rings. The number of hydrogen-bond acceptors (Lipinski definition) is 4. The smallest absolute Gasteiger partial charge is 0.269 e. The first kappa shape index (κ1) is 16.5. The van der Waals surface area contributed by atoms with Gasteiger partial charge in [0.05, 0.1) is 11.0 Å². The van der Waals surface area contributed by atoms with E-state index in [2.05, 4.69) is 19.2 Å². The van der Waals surface area contributed by atoms with Crippen LogP contribution in [-0.4, -0.2) is 23.1 Å². The second-order valence-electron chi connectivity index (χ2n) is 3.88. The van der Waals surface area contributed by atoms with Gasteiger partial charge in [-0.25, -0.2) is 0 Å². The molecule has 0 saturated carbocycles. The molecule has 0 saturated heterocycles. The van der Waals surface area contributed by atoms with Gasteiger partial charge >= 0.3 is 0 Å². The summed E-state index contributed by atoms with van der Waals surface area (Å²) in [6.07, 6.45) is 0.630. The number of rotatable bonds is 5. The van der Waals surface area contributed by atoms with Gasteiger partial charge < -0.3 is 10.4 Å². The van der Waals surface area contributed by atoms with Gasteiger partial charge in [-0.1, -0.05) is 27.2 Å². The molecule has 5 nitrogen and oxygen atoms in total. The Kier molecular flexibility index (Phi) is 8.78.